The summed E-state index contributed by atoms with van der Waals surface area (Å²) in [5, 5.41) is 3.33. The van der Waals surface area contributed by atoms with Crippen LogP contribution in [-0.4, -0.2) is 42.4 Å². The highest BCUT2D eigenvalue weighted by atomic mass is 16.1. The van der Waals surface area contributed by atoms with Gasteiger partial charge in [-0.25, -0.2) is 0 Å². The van der Waals surface area contributed by atoms with Gasteiger partial charge in [-0.15, -0.1) is 0 Å². The maximum absolute atomic E-state index is 12.6. The smallest absolute Gasteiger partial charge is 0.156 e. The molecule has 19 heavy (non-hydrogen) atoms. The standard InChI is InChI=1S/C16H24N2O/c1-13-5-4-6-14(11-13)12-15(19)16(2,3)18-9-7-17-8-10-18/h4-6,11,17H,7-10,12H2,1-3H3. The second-order valence-electron chi connectivity index (χ2n) is 5.89. The first kappa shape index (κ1) is 14.2. The second kappa shape index (κ2) is 5.85. The van der Waals surface area contributed by atoms with E-state index < -0.39 is 0 Å². The van der Waals surface area contributed by atoms with Gasteiger partial charge in [-0.2, -0.15) is 0 Å². The topological polar surface area (TPSA) is 32.3 Å². The van der Waals surface area contributed by atoms with Crippen molar-refractivity contribution in [3.63, 3.8) is 0 Å². The molecule has 0 saturated carbocycles. The molecule has 0 atom stereocenters. The Kier molecular flexibility index (Phi) is 4.38. The molecule has 1 aliphatic rings. The van der Waals surface area contributed by atoms with Gasteiger partial charge in [0.1, 0.15) is 0 Å². The SMILES string of the molecule is Cc1cccc(CC(=O)C(C)(C)N2CCNCC2)c1. The Morgan fingerprint density at radius 2 is 2.00 bits per heavy atom. The van der Waals surface area contributed by atoms with Crippen molar-refractivity contribution in [2.45, 2.75) is 32.7 Å². The van der Waals surface area contributed by atoms with Crippen molar-refractivity contribution in [1.29, 1.82) is 0 Å². The molecule has 3 nitrogen and oxygen atoms in total. The zero-order valence-electron chi connectivity index (χ0n) is 12.2. The molecule has 1 aromatic carbocycles. The quantitative estimate of drug-likeness (QED) is 0.896. The van der Waals surface area contributed by atoms with Gasteiger partial charge in [-0.05, 0) is 26.3 Å². The number of piperazine rings is 1. The molecule has 2 rings (SSSR count). The summed E-state index contributed by atoms with van der Waals surface area (Å²) in [4.78, 5) is 14.9. The third-order valence-corrected chi connectivity index (χ3v) is 4.04. The van der Waals surface area contributed by atoms with Crippen LogP contribution < -0.4 is 5.32 Å². The Morgan fingerprint density at radius 3 is 2.63 bits per heavy atom. The number of carbonyl (C=O) groups is 1. The van der Waals surface area contributed by atoms with Gasteiger partial charge in [-0.1, -0.05) is 29.8 Å². The van der Waals surface area contributed by atoms with Crippen LogP contribution in [0.4, 0.5) is 0 Å². The Bertz CT molecular complexity index is 448. The van der Waals surface area contributed by atoms with Crippen molar-refractivity contribution in [3.05, 3.63) is 35.4 Å². The lowest BCUT2D eigenvalue weighted by atomic mass is 9.91. The molecule has 3 heteroatoms. The van der Waals surface area contributed by atoms with Crippen LogP contribution in [0.25, 0.3) is 0 Å². The van der Waals surface area contributed by atoms with Crippen LogP contribution in [0.5, 0.6) is 0 Å². The number of benzene rings is 1. The van der Waals surface area contributed by atoms with Gasteiger partial charge in [-0.3, -0.25) is 9.69 Å². The zero-order chi connectivity index (χ0) is 13.9. The molecule has 0 spiro atoms. The number of carbonyl (C=O) groups excluding carboxylic acids is 1. The number of nitrogens with one attached hydrogen (secondary N) is 1. The van der Waals surface area contributed by atoms with Crippen molar-refractivity contribution >= 4 is 5.78 Å². The Labute approximate surface area is 116 Å². The van der Waals surface area contributed by atoms with Crippen molar-refractivity contribution < 1.29 is 4.79 Å². The summed E-state index contributed by atoms with van der Waals surface area (Å²) >= 11 is 0. The van der Waals surface area contributed by atoms with Crippen LogP contribution in [0.2, 0.25) is 0 Å². The number of ketones is 1. The third-order valence-electron chi connectivity index (χ3n) is 4.04. The maximum Gasteiger partial charge on any atom is 0.156 e. The number of hydrogen-bond donors (Lipinski definition) is 1. The zero-order valence-corrected chi connectivity index (χ0v) is 12.2. The predicted molar refractivity (Wildman–Crippen MR) is 78.4 cm³/mol. The van der Waals surface area contributed by atoms with Gasteiger partial charge in [0.05, 0.1) is 5.54 Å². The molecule has 1 N–H and O–H groups in total. The van der Waals surface area contributed by atoms with Gasteiger partial charge in [0.25, 0.3) is 0 Å². The molecular weight excluding hydrogens is 236 g/mol. The number of Topliss-reactive ketones (excluding diaryl/α,β-unsaturated/α-hetero) is 1. The van der Waals surface area contributed by atoms with Crippen LogP contribution in [0.1, 0.15) is 25.0 Å². The fourth-order valence-corrected chi connectivity index (χ4v) is 2.62. The molecular formula is C16H24N2O. The van der Waals surface area contributed by atoms with Crippen molar-refractivity contribution in [2.75, 3.05) is 26.2 Å². The number of aryl methyl sites for hydroxylation is 1. The molecule has 1 heterocycles. The van der Waals surface area contributed by atoms with E-state index in [4.69, 9.17) is 0 Å². The van der Waals surface area contributed by atoms with Gasteiger partial charge < -0.3 is 5.32 Å². The van der Waals surface area contributed by atoms with Crippen LogP contribution in [0.3, 0.4) is 0 Å². The number of rotatable bonds is 4. The lowest BCUT2D eigenvalue weighted by Crippen LogP contribution is -2.57. The monoisotopic (exact) mass is 260 g/mol. The minimum Gasteiger partial charge on any atom is -0.314 e. The van der Waals surface area contributed by atoms with E-state index in [0.717, 1.165) is 31.7 Å². The largest absolute Gasteiger partial charge is 0.314 e. The van der Waals surface area contributed by atoms with E-state index in [1.54, 1.807) is 0 Å². The highest BCUT2D eigenvalue weighted by Crippen LogP contribution is 2.19. The molecule has 1 aliphatic heterocycles. The fraction of sp³-hybridized carbons (Fsp3) is 0.562. The van der Waals surface area contributed by atoms with Crippen molar-refractivity contribution in [1.82, 2.24) is 10.2 Å². The molecule has 0 unspecified atom stereocenters. The van der Waals surface area contributed by atoms with E-state index in [1.807, 2.05) is 12.1 Å². The molecule has 0 aliphatic carbocycles. The summed E-state index contributed by atoms with van der Waals surface area (Å²) in [6.07, 6.45) is 0.526. The van der Waals surface area contributed by atoms with Crippen molar-refractivity contribution in [3.8, 4) is 0 Å². The van der Waals surface area contributed by atoms with E-state index in [-0.39, 0.29) is 5.54 Å². The summed E-state index contributed by atoms with van der Waals surface area (Å²) in [5.74, 6) is 0.306. The Balaban J connectivity index is 2.05. The fourth-order valence-electron chi connectivity index (χ4n) is 2.62. The van der Waals surface area contributed by atoms with E-state index in [1.165, 1.54) is 5.56 Å². The average molecular weight is 260 g/mol. The van der Waals surface area contributed by atoms with Crippen LogP contribution in [-0.2, 0) is 11.2 Å². The highest BCUT2D eigenvalue weighted by molar-refractivity contribution is 5.89. The van der Waals surface area contributed by atoms with E-state index in [2.05, 4.69) is 43.1 Å². The van der Waals surface area contributed by atoms with E-state index >= 15 is 0 Å². The van der Waals surface area contributed by atoms with Gasteiger partial charge in [0, 0.05) is 32.6 Å². The van der Waals surface area contributed by atoms with Crippen LogP contribution in [0.15, 0.2) is 24.3 Å². The normalized spacial score (nSPS) is 17.4. The molecule has 0 bridgehead atoms. The van der Waals surface area contributed by atoms with Gasteiger partial charge in [0.2, 0.25) is 0 Å². The summed E-state index contributed by atoms with van der Waals surface area (Å²) in [5.41, 5.74) is 1.96. The molecule has 104 valence electrons. The molecule has 0 amide bonds. The van der Waals surface area contributed by atoms with Crippen molar-refractivity contribution in [2.24, 2.45) is 0 Å². The summed E-state index contributed by atoms with van der Waals surface area (Å²) in [6.45, 7) is 10.0. The minimum absolute atomic E-state index is 0.306. The Morgan fingerprint density at radius 1 is 1.32 bits per heavy atom. The summed E-state index contributed by atoms with van der Waals surface area (Å²) in [6, 6.07) is 8.23. The number of hydrogen-bond acceptors (Lipinski definition) is 3. The van der Waals surface area contributed by atoms with Crippen LogP contribution in [0, 0.1) is 6.92 Å². The highest BCUT2D eigenvalue weighted by Gasteiger charge is 2.34. The first-order valence-electron chi connectivity index (χ1n) is 7.05. The predicted octanol–water partition coefficient (Wildman–Crippen LogP) is 1.79. The maximum atomic E-state index is 12.6. The third kappa shape index (κ3) is 3.43. The first-order valence-corrected chi connectivity index (χ1v) is 7.05. The van der Waals surface area contributed by atoms with Crippen LogP contribution >= 0.6 is 0 Å². The minimum atomic E-state index is -0.369. The van der Waals surface area contributed by atoms with E-state index in [9.17, 15) is 4.79 Å². The number of nitrogens with zero attached hydrogens (tertiary/aromatic N) is 1. The van der Waals surface area contributed by atoms with E-state index in [0.29, 0.717) is 12.2 Å². The average Bonchev–Trinajstić information content (AvgIpc) is 2.39. The van der Waals surface area contributed by atoms with Gasteiger partial charge >= 0.3 is 0 Å². The Hall–Kier alpha value is -1.19. The summed E-state index contributed by atoms with van der Waals surface area (Å²) < 4.78 is 0. The lowest BCUT2D eigenvalue weighted by molar-refractivity contribution is -0.129. The summed E-state index contributed by atoms with van der Waals surface area (Å²) in [7, 11) is 0. The second-order valence-corrected chi connectivity index (χ2v) is 5.89. The first-order chi connectivity index (χ1) is 9.00. The molecule has 1 aromatic rings. The lowest BCUT2D eigenvalue weighted by Gasteiger charge is -2.40. The molecule has 1 fully saturated rings. The van der Waals surface area contributed by atoms with Gasteiger partial charge in [0.15, 0.2) is 5.78 Å². The molecule has 1 saturated heterocycles. The molecule has 0 aromatic heterocycles. The molecule has 0 radical (unpaired) electrons.